The van der Waals surface area contributed by atoms with Gasteiger partial charge in [0.2, 0.25) is 5.91 Å². The van der Waals surface area contributed by atoms with E-state index in [1.165, 1.54) is 13.2 Å². The number of carbonyl (C=O) groups is 2. The molecule has 1 N–H and O–H groups in total. The van der Waals surface area contributed by atoms with Crippen molar-refractivity contribution in [1.82, 2.24) is 5.32 Å². The lowest BCUT2D eigenvalue weighted by atomic mass is 9.94. The molecule has 0 aliphatic heterocycles. The fourth-order valence-electron chi connectivity index (χ4n) is 2.36. The van der Waals surface area contributed by atoms with E-state index in [2.05, 4.69) is 10.1 Å². The molecule has 1 aromatic rings. The van der Waals surface area contributed by atoms with E-state index in [4.69, 9.17) is 0 Å². The van der Waals surface area contributed by atoms with Crippen molar-refractivity contribution in [1.29, 1.82) is 0 Å². The quantitative estimate of drug-likeness (QED) is 0.838. The molecule has 0 spiro atoms. The van der Waals surface area contributed by atoms with E-state index in [0.717, 1.165) is 0 Å². The number of rotatable bonds is 5. The largest absolute Gasteiger partial charge is 0.467 e. The summed E-state index contributed by atoms with van der Waals surface area (Å²) >= 11 is 0. The van der Waals surface area contributed by atoms with E-state index in [1.807, 2.05) is 0 Å². The summed E-state index contributed by atoms with van der Waals surface area (Å²) in [7, 11) is 1.28. The van der Waals surface area contributed by atoms with Gasteiger partial charge in [-0.2, -0.15) is 0 Å². The third kappa shape index (κ3) is 2.53. The number of nitrogens with one attached hydrogen (secondary N) is 1. The van der Waals surface area contributed by atoms with Gasteiger partial charge < -0.3 is 10.1 Å². The molecule has 0 aromatic heterocycles. The van der Waals surface area contributed by atoms with Crippen molar-refractivity contribution in [2.75, 3.05) is 7.11 Å². The zero-order valence-corrected chi connectivity index (χ0v) is 11.6. The number of hydrogen-bond acceptors (Lipinski definition) is 3. The van der Waals surface area contributed by atoms with Gasteiger partial charge in [0, 0.05) is 5.56 Å². The molecule has 1 aliphatic rings. The molecule has 2 rings (SSSR count). The summed E-state index contributed by atoms with van der Waals surface area (Å²) in [5.41, 5.74) is -0.426. The molecule has 1 saturated carbocycles. The standard InChI is InChI=1S/C15H18FNO3/c1-3-12(13(18)20-2)17-14(19)15(8-9-15)10-6-4-5-7-11(10)16/h4-7,12H,3,8-9H2,1-2H3,(H,17,19). The van der Waals surface area contributed by atoms with Crippen LogP contribution in [0.25, 0.3) is 0 Å². The minimum absolute atomic E-state index is 0.306. The molecule has 1 aromatic carbocycles. The third-order valence-corrected chi connectivity index (χ3v) is 3.77. The second-order valence-corrected chi connectivity index (χ2v) is 5.02. The molecule has 1 amide bonds. The van der Waals surface area contributed by atoms with Crippen molar-refractivity contribution >= 4 is 11.9 Å². The molecule has 1 unspecified atom stereocenters. The van der Waals surface area contributed by atoms with Gasteiger partial charge >= 0.3 is 5.97 Å². The Labute approximate surface area is 117 Å². The molecular weight excluding hydrogens is 261 g/mol. The number of esters is 1. The van der Waals surface area contributed by atoms with Crippen LogP contribution in [0.15, 0.2) is 24.3 Å². The van der Waals surface area contributed by atoms with Crippen LogP contribution in [-0.2, 0) is 19.7 Å². The predicted molar refractivity (Wildman–Crippen MR) is 71.5 cm³/mol. The lowest BCUT2D eigenvalue weighted by Crippen LogP contribution is -2.46. The van der Waals surface area contributed by atoms with E-state index < -0.39 is 17.4 Å². The Morgan fingerprint density at radius 2 is 2.05 bits per heavy atom. The first-order valence-corrected chi connectivity index (χ1v) is 6.69. The summed E-state index contributed by atoms with van der Waals surface area (Å²) in [5, 5.41) is 2.67. The molecule has 4 nitrogen and oxygen atoms in total. The van der Waals surface area contributed by atoms with Gasteiger partial charge in [0.25, 0.3) is 0 Å². The number of hydrogen-bond donors (Lipinski definition) is 1. The van der Waals surface area contributed by atoms with Crippen LogP contribution in [0, 0.1) is 5.82 Å². The van der Waals surface area contributed by atoms with Crippen molar-refractivity contribution in [3.05, 3.63) is 35.6 Å². The first-order chi connectivity index (χ1) is 9.55. The molecule has 1 fully saturated rings. The van der Waals surface area contributed by atoms with E-state index in [9.17, 15) is 14.0 Å². The second kappa shape index (κ2) is 5.61. The third-order valence-electron chi connectivity index (χ3n) is 3.77. The fourth-order valence-corrected chi connectivity index (χ4v) is 2.36. The van der Waals surface area contributed by atoms with Gasteiger partial charge in [-0.25, -0.2) is 9.18 Å². The van der Waals surface area contributed by atoms with Crippen LogP contribution in [0.1, 0.15) is 31.7 Å². The molecule has 0 bridgehead atoms. The first-order valence-electron chi connectivity index (χ1n) is 6.69. The summed E-state index contributed by atoms with van der Waals surface area (Å²) in [6, 6.07) is 5.59. The molecule has 1 aliphatic carbocycles. The summed E-state index contributed by atoms with van der Waals surface area (Å²) in [6.45, 7) is 1.78. The zero-order chi connectivity index (χ0) is 14.8. The van der Waals surface area contributed by atoms with Gasteiger partial charge in [-0.05, 0) is 25.3 Å². The smallest absolute Gasteiger partial charge is 0.328 e. The van der Waals surface area contributed by atoms with Gasteiger partial charge in [-0.1, -0.05) is 25.1 Å². The zero-order valence-electron chi connectivity index (χ0n) is 11.6. The fraction of sp³-hybridized carbons (Fsp3) is 0.467. The highest BCUT2D eigenvalue weighted by Gasteiger charge is 2.53. The van der Waals surface area contributed by atoms with Crippen molar-refractivity contribution in [3.8, 4) is 0 Å². The number of carbonyl (C=O) groups excluding carboxylic acids is 2. The number of ether oxygens (including phenoxy) is 1. The van der Waals surface area contributed by atoms with E-state index in [-0.39, 0.29) is 11.7 Å². The van der Waals surface area contributed by atoms with Crippen molar-refractivity contribution in [2.24, 2.45) is 0 Å². The van der Waals surface area contributed by atoms with Crippen LogP contribution >= 0.6 is 0 Å². The number of amides is 1. The molecule has 108 valence electrons. The average molecular weight is 279 g/mol. The van der Waals surface area contributed by atoms with Crippen LogP contribution in [0.2, 0.25) is 0 Å². The Hall–Kier alpha value is -1.91. The average Bonchev–Trinajstić information content (AvgIpc) is 3.25. The Kier molecular flexibility index (Phi) is 4.06. The van der Waals surface area contributed by atoms with Gasteiger partial charge in [-0.15, -0.1) is 0 Å². The Balaban J connectivity index is 2.17. The monoisotopic (exact) mass is 279 g/mol. The van der Waals surface area contributed by atoms with Crippen molar-refractivity contribution in [3.63, 3.8) is 0 Å². The lowest BCUT2D eigenvalue weighted by molar-refractivity contribution is -0.145. The second-order valence-electron chi connectivity index (χ2n) is 5.02. The maximum Gasteiger partial charge on any atom is 0.328 e. The van der Waals surface area contributed by atoms with Crippen molar-refractivity contribution in [2.45, 2.75) is 37.6 Å². The minimum atomic E-state index is -0.827. The molecule has 0 saturated heterocycles. The number of benzene rings is 1. The highest BCUT2D eigenvalue weighted by atomic mass is 19.1. The Morgan fingerprint density at radius 3 is 2.55 bits per heavy atom. The summed E-state index contributed by atoms with van der Waals surface area (Å²) < 4.78 is 18.5. The molecule has 20 heavy (non-hydrogen) atoms. The van der Waals surface area contributed by atoms with E-state index >= 15 is 0 Å². The SMILES string of the molecule is CCC(NC(=O)C1(c2ccccc2F)CC1)C(=O)OC. The molecule has 0 heterocycles. The molecule has 0 radical (unpaired) electrons. The summed E-state index contributed by atoms with van der Waals surface area (Å²) in [6.07, 6.45) is 1.63. The highest BCUT2D eigenvalue weighted by Crippen LogP contribution is 2.49. The topological polar surface area (TPSA) is 55.4 Å². The summed E-state index contributed by atoms with van der Waals surface area (Å²) in [4.78, 5) is 23.9. The molecular formula is C15H18FNO3. The Bertz CT molecular complexity index is 526. The van der Waals surface area contributed by atoms with Gasteiger partial charge in [0.15, 0.2) is 0 Å². The van der Waals surface area contributed by atoms with Crippen LogP contribution in [0.3, 0.4) is 0 Å². The number of halogens is 1. The minimum Gasteiger partial charge on any atom is -0.467 e. The molecule has 1 atom stereocenters. The lowest BCUT2D eigenvalue weighted by Gasteiger charge is -2.20. The van der Waals surface area contributed by atoms with Gasteiger partial charge in [0.1, 0.15) is 11.9 Å². The van der Waals surface area contributed by atoms with Crippen LogP contribution in [-0.4, -0.2) is 25.0 Å². The maximum absolute atomic E-state index is 13.9. The molecule has 5 heteroatoms. The maximum atomic E-state index is 13.9. The highest BCUT2D eigenvalue weighted by molar-refractivity contribution is 5.94. The van der Waals surface area contributed by atoms with Crippen LogP contribution in [0.5, 0.6) is 0 Å². The predicted octanol–water partition coefficient (Wildman–Crippen LogP) is 1.93. The van der Waals surface area contributed by atoms with E-state index in [1.54, 1.807) is 25.1 Å². The Morgan fingerprint density at radius 1 is 1.40 bits per heavy atom. The summed E-state index contributed by atoms with van der Waals surface area (Å²) in [5.74, 6) is -1.17. The van der Waals surface area contributed by atoms with Gasteiger partial charge in [0.05, 0.1) is 12.5 Å². The van der Waals surface area contributed by atoms with Crippen LogP contribution < -0.4 is 5.32 Å². The van der Waals surface area contributed by atoms with E-state index in [0.29, 0.717) is 24.8 Å². The van der Waals surface area contributed by atoms with Crippen molar-refractivity contribution < 1.29 is 18.7 Å². The van der Waals surface area contributed by atoms with Crippen LogP contribution in [0.4, 0.5) is 4.39 Å². The van der Waals surface area contributed by atoms with Gasteiger partial charge in [-0.3, -0.25) is 4.79 Å². The normalized spacial score (nSPS) is 17.1. The number of methoxy groups -OCH3 is 1. The first kappa shape index (κ1) is 14.5.